The maximum atomic E-state index is 12.7. The predicted molar refractivity (Wildman–Crippen MR) is 91.0 cm³/mol. The van der Waals surface area contributed by atoms with Crippen molar-refractivity contribution < 1.29 is 4.21 Å². The van der Waals surface area contributed by atoms with Crippen LogP contribution >= 0.6 is 0 Å². The molecule has 3 aromatic carbocycles. The summed E-state index contributed by atoms with van der Waals surface area (Å²) in [6, 6.07) is 23.0. The van der Waals surface area contributed by atoms with Crippen LogP contribution in [0.5, 0.6) is 0 Å². The van der Waals surface area contributed by atoms with Gasteiger partial charge in [0, 0.05) is 6.54 Å². The molecule has 0 saturated carbocycles. The van der Waals surface area contributed by atoms with Crippen molar-refractivity contribution in [2.75, 3.05) is 6.54 Å². The minimum absolute atomic E-state index is 0.258. The van der Waals surface area contributed by atoms with Gasteiger partial charge in [-0.25, -0.2) is 8.51 Å². The highest BCUT2D eigenvalue weighted by Gasteiger charge is 2.41. The fourth-order valence-electron chi connectivity index (χ4n) is 2.89. The normalized spacial score (nSPS) is 21.7. The first-order valence-electron chi connectivity index (χ1n) is 7.47. The largest absolute Gasteiger partial charge is 0.237 e. The maximum Gasteiger partial charge on any atom is 0.128 e. The number of hydrogen-bond donors (Lipinski definition) is 0. The smallest absolute Gasteiger partial charge is 0.128 e. The van der Waals surface area contributed by atoms with Crippen molar-refractivity contribution >= 4 is 21.8 Å². The number of nitrogens with zero attached hydrogens (tertiary/aromatic N) is 1. The fourth-order valence-corrected chi connectivity index (χ4v) is 4.15. The van der Waals surface area contributed by atoms with Crippen molar-refractivity contribution in [2.45, 2.75) is 17.9 Å². The van der Waals surface area contributed by atoms with E-state index >= 15 is 0 Å². The van der Waals surface area contributed by atoms with E-state index in [0.717, 1.165) is 11.4 Å². The van der Waals surface area contributed by atoms with Crippen molar-refractivity contribution in [3.8, 4) is 0 Å². The van der Waals surface area contributed by atoms with Crippen LogP contribution in [0.1, 0.15) is 17.2 Å². The van der Waals surface area contributed by atoms with Gasteiger partial charge in [-0.2, -0.15) is 0 Å². The molecular formula is C19H17NOS. The van der Waals surface area contributed by atoms with E-state index in [1.807, 2.05) is 35.5 Å². The third-order valence-corrected chi connectivity index (χ3v) is 5.69. The Morgan fingerprint density at radius 2 is 1.68 bits per heavy atom. The molecule has 1 heterocycles. The highest BCUT2D eigenvalue weighted by molar-refractivity contribution is 7.83. The van der Waals surface area contributed by atoms with Crippen molar-refractivity contribution in [1.82, 2.24) is 4.31 Å². The lowest BCUT2D eigenvalue weighted by atomic mass is 10.0. The molecule has 1 aliphatic heterocycles. The zero-order valence-electron chi connectivity index (χ0n) is 12.4. The number of aryl methyl sites for hydroxylation is 1. The van der Waals surface area contributed by atoms with Gasteiger partial charge < -0.3 is 0 Å². The lowest BCUT2D eigenvalue weighted by Crippen LogP contribution is -2.04. The van der Waals surface area contributed by atoms with Crippen LogP contribution in [0.15, 0.2) is 71.6 Å². The van der Waals surface area contributed by atoms with E-state index in [0.29, 0.717) is 0 Å². The van der Waals surface area contributed by atoms with Crippen LogP contribution in [0.3, 0.4) is 0 Å². The van der Waals surface area contributed by atoms with Gasteiger partial charge in [-0.3, -0.25) is 0 Å². The second-order valence-electron chi connectivity index (χ2n) is 5.75. The Morgan fingerprint density at radius 1 is 0.955 bits per heavy atom. The first-order chi connectivity index (χ1) is 10.7. The summed E-state index contributed by atoms with van der Waals surface area (Å²) in [5, 5.41) is 2.51. The Balaban J connectivity index is 1.63. The fraction of sp³-hybridized carbons (Fsp3) is 0.158. The lowest BCUT2D eigenvalue weighted by Gasteiger charge is -2.07. The van der Waals surface area contributed by atoms with Crippen molar-refractivity contribution in [3.05, 3.63) is 77.9 Å². The highest BCUT2D eigenvalue weighted by atomic mass is 32.2. The molecular weight excluding hydrogens is 290 g/mol. The molecule has 22 heavy (non-hydrogen) atoms. The molecule has 4 rings (SSSR count). The zero-order chi connectivity index (χ0) is 15.1. The second-order valence-corrected chi connectivity index (χ2v) is 7.18. The molecule has 2 nitrogen and oxygen atoms in total. The molecule has 0 spiro atoms. The molecule has 0 N–H and O–H groups in total. The monoisotopic (exact) mass is 307 g/mol. The summed E-state index contributed by atoms with van der Waals surface area (Å²) in [5.41, 5.74) is 2.47. The topological polar surface area (TPSA) is 20.1 Å². The molecule has 110 valence electrons. The molecule has 1 fully saturated rings. The molecule has 2 unspecified atom stereocenters. The molecule has 3 aromatic rings. The van der Waals surface area contributed by atoms with E-state index < -0.39 is 11.0 Å². The summed E-state index contributed by atoms with van der Waals surface area (Å²) < 4.78 is 14.7. The second kappa shape index (κ2) is 5.34. The molecule has 3 heteroatoms. The van der Waals surface area contributed by atoms with E-state index in [1.165, 1.54) is 21.9 Å². The predicted octanol–water partition coefficient (Wildman–Crippen LogP) is 4.23. The van der Waals surface area contributed by atoms with Gasteiger partial charge in [-0.1, -0.05) is 60.2 Å². The Bertz CT molecular complexity index is 851. The van der Waals surface area contributed by atoms with Crippen LogP contribution in [-0.2, 0) is 11.0 Å². The average molecular weight is 307 g/mol. The molecule has 3 atom stereocenters. The van der Waals surface area contributed by atoms with E-state index in [2.05, 4.69) is 42.5 Å². The number of hydrogen-bond acceptors (Lipinski definition) is 1. The Morgan fingerprint density at radius 3 is 2.50 bits per heavy atom. The number of fused-ring (bicyclic) bond motifs is 1. The summed E-state index contributed by atoms with van der Waals surface area (Å²) in [4.78, 5) is 0.883. The summed E-state index contributed by atoms with van der Waals surface area (Å²) in [6.45, 7) is 2.90. The van der Waals surface area contributed by atoms with Gasteiger partial charge in [0.15, 0.2) is 0 Å². The molecule has 0 aliphatic carbocycles. The third kappa shape index (κ3) is 2.36. The van der Waals surface area contributed by atoms with Crippen molar-refractivity contribution in [1.29, 1.82) is 0 Å². The Hall–Kier alpha value is -1.97. The van der Waals surface area contributed by atoms with E-state index in [-0.39, 0.29) is 6.04 Å². The van der Waals surface area contributed by atoms with Gasteiger partial charge in [-0.15, -0.1) is 0 Å². The summed E-state index contributed by atoms with van der Waals surface area (Å²) in [5.74, 6) is 0. The van der Waals surface area contributed by atoms with E-state index in [1.54, 1.807) is 0 Å². The van der Waals surface area contributed by atoms with E-state index in [4.69, 9.17) is 0 Å². The van der Waals surface area contributed by atoms with Crippen LogP contribution in [0.4, 0.5) is 0 Å². The van der Waals surface area contributed by atoms with Gasteiger partial charge in [0.2, 0.25) is 0 Å². The maximum absolute atomic E-state index is 12.7. The van der Waals surface area contributed by atoms with Crippen molar-refractivity contribution in [2.24, 2.45) is 0 Å². The first kappa shape index (κ1) is 13.7. The van der Waals surface area contributed by atoms with Crippen LogP contribution in [-0.4, -0.2) is 15.1 Å². The van der Waals surface area contributed by atoms with Crippen LogP contribution < -0.4 is 0 Å². The minimum Gasteiger partial charge on any atom is -0.237 e. The molecule has 0 amide bonds. The average Bonchev–Trinajstić information content (AvgIpc) is 3.35. The van der Waals surface area contributed by atoms with Crippen LogP contribution in [0.25, 0.3) is 10.8 Å². The lowest BCUT2D eigenvalue weighted by molar-refractivity contribution is 0.647. The Labute approximate surface area is 133 Å². The quantitative estimate of drug-likeness (QED) is 0.663. The highest BCUT2D eigenvalue weighted by Crippen LogP contribution is 2.41. The third-order valence-electron chi connectivity index (χ3n) is 4.18. The minimum atomic E-state index is -1.07. The first-order valence-corrected chi connectivity index (χ1v) is 8.57. The van der Waals surface area contributed by atoms with Gasteiger partial charge >= 0.3 is 0 Å². The van der Waals surface area contributed by atoms with Crippen molar-refractivity contribution in [3.63, 3.8) is 0 Å². The molecule has 0 bridgehead atoms. The van der Waals surface area contributed by atoms with Gasteiger partial charge in [0.1, 0.15) is 11.0 Å². The zero-order valence-corrected chi connectivity index (χ0v) is 13.2. The van der Waals surface area contributed by atoms with Crippen LogP contribution in [0, 0.1) is 6.92 Å². The summed E-state index contributed by atoms with van der Waals surface area (Å²) in [6.07, 6.45) is 0. The van der Waals surface area contributed by atoms with Gasteiger partial charge in [0.25, 0.3) is 0 Å². The van der Waals surface area contributed by atoms with E-state index in [9.17, 15) is 4.21 Å². The SMILES string of the molecule is Cc1ccc([S@](=O)N2CC2c2cccc3ccccc23)cc1. The standard InChI is InChI=1S/C19H17NOS/c1-14-9-11-16(12-10-14)22(21)20-13-19(20)18-8-4-6-15-5-2-3-7-17(15)18/h2-12,19H,13H2,1H3/t19?,20?,22-/m0/s1. The summed E-state index contributed by atoms with van der Waals surface area (Å²) in [7, 11) is -1.07. The molecule has 1 saturated heterocycles. The molecule has 1 aliphatic rings. The Kier molecular flexibility index (Phi) is 3.32. The van der Waals surface area contributed by atoms with Gasteiger partial charge in [-0.05, 0) is 35.4 Å². The summed E-state index contributed by atoms with van der Waals surface area (Å²) >= 11 is 0. The molecule has 0 aromatic heterocycles. The van der Waals surface area contributed by atoms with Crippen LogP contribution in [0.2, 0.25) is 0 Å². The number of rotatable bonds is 3. The van der Waals surface area contributed by atoms with Gasteiger partial charge in [0.05, 0.1) is 10.9 Å². The number of benzene rings is 3. The molecule has 0 radical (unpaired) electrons.